The van der Waals surface area contributed by atoms with E-state index in [1.54, 1.807) is 0 Å². The van der Waals surface area contributed by atoms with Crippen LogP contribution in [0.15, 0.2) is 130 Å². The lowest BCUT2D eigenvalue weighted by atomic mass is 9.82. The van der Waals surface area contributed by atoms with Gasteiger partial charge in [-0.25, -0.2) is 0 Å². The quantitative estimate of drug-likeness (QED) is 0.205. The molecule has 3 nitrogen and oxygen atoms in total. The van der Waals surface area contributed by atoms with E-state index in [0.717, 1.165) is 77.2 Å². The standard InChI is InChI=1S/C43H27Cl2NO2/c1-43(2)33-6-4-3-5-27(33)28-14-12-26(22-34(28)43)46-25-10-7-23(8-11-25)39-35(45)18-15-32-41-30-16-19-36-40(29(30)17-20-37(41)48-42(32)39)31-13-9-24(44)21-38(31)47-36/h3-22,46H,1-2H3. The Labute approximate surface area is 286 Å². The highest BCUT2D eigenvalue weighted by molar-refractivity contribution is 6.36. The average Bonchev–Trinajstić information content (AvgIpc) is 3.73. The largest absolute Gasteiger partial charge is 0.456 e. The molecule has 10 rings (SSSR count). The second-order valence-corrected chi connectivity index (χ2v) is 14.1. The predicted molar refractivity (Wildman–Crippen MR) is 201 cm³/mol. The molecule has 2 aromatic heterocycles. The highest BCUT2D eigenvalue weighted by Gasteiger charge is 2.35. The fourth-order valence-corrected chi connectivity index (χ4v) is 8.33. The van der Waals surface area contributed by atoms with Crippen LogP contribution in [-0.2, 0) is 5.41 Å². The second kappa shape index (κ2) is 9.90. The van der Waals surface area contributed by atoms with Crippen LogP contribution in [0.4, 0.5) is 11.4 Å². The first-order valence-electron chi connectivity index (χ1n) is 16.1. The van der Waals surface area contributed by atoms with Gasteiger partial charge in [-0.15, -0.1) is 0 Å². The molecule has 0 bridgehead atoms. The van der Waals surface area contributed by atoms with Crippen LogP contribution in [0.25, 0.3) is 76.9 Å². The zero-order valence-corrected chi connectivity index (χ0v) is 27.6. The molecule has 230 valence electrons. The Balaban J connectivity index is 1.05. The van der Waals surface area contributed by atoms with Crippen molar-refractivity contribution in [3.05, 3.63) is 142 Å². The van der Waals surface area contributed by atoms with E-state index in [-0.39, 0.29) is 5.41 Å². The van der Waals surface area contributed by atoms with Crippen LogP contribution in [0.1, 0.15) is 25.0 Å². The van der Waals surface area contributed by atoms with Gasteiger partial charge in [0.25, 0.3) is 0 Å². The molecule has 1 N–H and O–H groups in total. The highest BCUT2D eigenvalue weighted by Crippen LogP contribution is 2.50. The van der Waals surface area contributed by atoms with E-state index in [0.29, 0.717) is 10.0 Å². The van der Waals surface area contributed by atoms with Crippen molar-refractivity contribution in [1.29, 1.82) is 0 Å². The number of nitrogens with one attached hydrogen (secondary N) is 1. The molecule has 0 spiro atoms. The minimum Gasteiger partial charge on any atom is -0.456 e. The highest BCUT2D eigenvalue weighted by atomic mass is 35.5. The summed E-state index contributed by atoms with van der Waals surface area (Å²) < 4.78 is 12.8. The molecule has 9 aromatic rings. The summed E-state index contributed by atoms with van der Waals surface area (Å²) in [5.74, 6) is 0. The monoisotopic (exact) mass is 659 g/mol. The summed E-state index contributed by atoms with van der Waals surface area (Å²) in [4.78, 5) is 0. The van der Waals surface area contributed by atoms with Gasteiger partial charge in [0.05, 0.1) is 5.02 Å². The van der Waals surface area contributed by atoms with E-state index in [2.05, 4.69) is 104 Å². The zero-order valence-electron chi connectivity index (χ0n) is 26.1. The molecule has 0 saturated carbocycles. The molecule has 0 atom stereocenters. The van der Waals surface area contributed by atoms with Gasteiger partial charge in [-0.1, -0.05) is 79.5 Å². The summed E-state index contributed by atoms with van der Waals surface area (Å²) >= 11 is 13.2. The van der Waals surface area contributed by atoms with Crippen molar-refractivity contribution in [2.45, 2.75) is 19.3 Å². The van der Waals surface area contributed by atoms with Gasteiger partial charge in [0.2, 0.25) is 0 Å². The number of furan rings is 2. The first kappa shape index (κ1) is 27.9. The number of hydrogen-bond acceptors (Lipinski definition) is 3. The smallest absolute Gasteiger partial charge is 0.144 e. The second-order valence-electron chi connectivity index (χ2n) is 13.2. The lowest BCUT2D eigenvalue weighted by Gasteiger charge is -2.22. The Morgan fingerprint density at radius 3 is 2.02 bits per heavy atom. The van der Waals surface area contributed by atoms with Crippen LogP contribution in [0.5, 0.6) is 0 Å². The third-order valence-electron chi connectivity index (χ3n) is 10.2. The Bertz CT molecular complexity index is 2800. The lowest BCUT2D eigenvalue weighted by molar-refractivity contribution is 0.660. The van der Waals surface area contributed by atoms with E-state index in [9.17, 15) is 0 Å². The zero-order chi connectivity index (χ0) is 32.3. The molecule has 0 radical (unpaired) electrons. The molecule has 1 aliphatic rings. The minimum atomic E-state index is -0.0482. The molecule has 7 aromatic carbocycles. The summed E-state index contributed by atoms with van der Waals surface area (Å²) in [5.41, 5.74) is 12.4. The summed E-state index contributed by atoms with van der Waals surface area (Å²) in [6, 6.07) is 42.0. The van der Waals surface area contributed by atoms with Crippen molar-refractivity contribution in [1.82, 2.24) is 0 Å². The number of rotatable bonds is 3. The van der Waals surface area contributed by atoms with Crippen molar-refractivity contribution in [3.8, 4) is 22.3 Å². The summed E-state index contributed by atoms with van der Waals surface area (Å²) in [6.45, 7) is 4.61. The summed E-state index contributed by atoms with van der Waals surface area (Å²) in [5, 5.41) is 11.3. The van der Waals surface area contributed by atoms with Crippen molar-refractivity contribution in [2.75, 3.05) is 5.32 Å². The van der Waals surface area contributed by atoms with E-state index >= 15 is 0 Å². The van der Waals surface area contributed by atoms with Gasteiger partial charge in [-0.2, -0.15) is 0 Å². The van der Waals surface area contributed by atoms with Crippen LogP contribution < -0.4 is 5.32 Å². The van der Waals surface area contributed by atoms with E-state index in [1.165, 1.54) is 22.3 Å². The third kappa shape index (κ3) is 3.89. The molecular weight excluding hydrogens is 633 g/mol. The molecular formula is C43H27Cl2NO2. The Morgan fingerprint density at radius 2 is 1.21 bits per heavy atom. The molecule has 0 unspecified atom stereocenters. The fraction of sp³-hybridized carbons (Fsp3) is 0.0698. The average molecular weight is 661 g/mol. The molecule has 0 fully saturated rings. The van der Waals surface area contributed by atoms with E-state index < -0.39 is 0 Å². The summed E-state index contributed by atoms with van der Waals surface area (Å²) in [7, 11) is 0. The SMILES string of the molecule is CC1(C)c2ccccc2-c2ccc(Nc3ccc(-c4c(Cl)ccc5c4oc4ccc6c(ccc7oc8cc(Cl)ccc8c76)c45)cc3)cc21. The topological polar surface area (TPSA) is 38.3 Å². The van der Waals surface area contributed by atoms with Crippen LogP contribution in [-0.4, -0.2) is 0 Å². The normalized spacial score (nSPS) is 13.6. The maximum absolute atomic E-state index is 6.92. The van der Waals surface area contributed by atoms with Crippen LogP contribution in [0.3, 0.4) is 0 Å². The number of halogens is 2. The molecule has 48 heavy (non-hydrogen) atoms. The van der Waals surface area contributed by atoms with Gasteiger partial charge in [-0.05, 0) is 111 Å². The molecule has 0 aliphatic heterocycles. The van der Waals surface area contributed by atoms with E-state index in [1.807, 2.05) is 36.4 Å². The maximum Gasteiger partial charge on any atom is 0.144 e. The summed E-state index contributed by atoms with van der Waals surface area (Å²) in [6.07, 6.45) is 0. The van der Waals surface area contributed by atoms with Crippen LogP contribution >= 0.6 is 23.2 Å². The number of fused-ring (bicyclic) bond motifs is 12. The van der Waals surface area contributed by atoms with Gasteiger partial charge in [0.15, 0.2) is 0 Å². The Morgan fingerprint density at radius 1 is 0.542 bits per heavy atom. The van der Waals surface area contributed by atoms with Gasteiger partial charge in [0, 0.05) is 55.0 Å². The number of anilines is 2. The van der Waals surface area contributed by atoms with E-state index in [4.69, 9.17) is 32.0 Å². The molecule has 5 heteroatoms. The molecule has 0 amide bonds. The van der Waals surface area contributed by atoms with Crippen molar-refractivity contribution >= 4 is 89.2 Å². The van der Waals surface area contributed by atoms with Crippen LogP contribution in [0, 0.1) is 0 Å². The Kier molecular flexibility index (Phi) is 5.74. The molecule has 1 aliphatic carbocycles. The number of hydrogen-bond donors (Lipinski definition) is 1. The fourth-order valence-electron chi connectivity index (χ4n) is 7.91. The Hall–Kier alpha value is -5.22. The van der Waals surface area contributed by atoms with Gasteiger partial charge in [0.1, 0.15) is 22.3 Å². The minimum absolute atomic E-state index is 0.0482. The lowest BCUT2D eigenvalue weighted by Crippen LogP contribution is -2.15. The van der Waals surface area contributed by atoms with Gasteiger partial charge >= 0.3 is 0 Å². The predicted octanol–water partition coefficient (Wildman–Crippen LogP) is 13.7. The van der Waals surface area contributed by atoms with Gasteiger partial charge in [-0.3, -0.25) is 0 Å². The van der Waals surface area contributed by atoms with Crippen molar-refractivity contribution < 1.29 is 8.83 Å². The maximum atomic E-state index is 6.92. The van der Waals surface area contributed by atoms with Crippen LogP contribution in [0.2, 0.25) is 10.0 Å². The van der Waals surface area contributed by atoms with Crippen molar-refractivity contribution in [2.24, 2.45) is 0 Å². The first-order chi connectivity index (χ1) is 23.3. The molecule has 2 heterocycles. The third-order valence-corrected chi connectivity index (χ3v) is 10.7. The number of benzene rings is 7. The molecule has 0 saturated heterocycles. The van der Waals surface area contributed by atoms with Crippen molar-refractivity contribution in [3.63, 3.8) is 0 Å². The first-order valence-corrected chi connectivity index (χ1v) is 16.8. The van der Waals surface area contributed by atoms with Gasteiger partial charge < -0.3 is 14.2 Å².